The Labute approximate surface area is 162 Å². The van der Waals surface area contributed by atoms with Crippen LogP contribution in [0.25, 0.3) is 0 Å². The van der Waals surface area contributed by atoms with Gasteiger partial charge in [-0.25, -0.2) is 0 Å². The smallest absolute Gasteiger partial charge is 0.193 e. The van der Waals surface area contributed by atoms with Gasteiger partial charge in [0.05, 0.1) is 13.2 Å². The molecule has 2 aliphatic rings. The van der Waals surface area contributed by atoms with Gasteiger partial charge in [-0.05, 0) is 29.8 Å². The van der Waals surface area contributed by atoms with Crippen molar-refractivity contribution in [3.8, 4) is 0 Å². The summed E-state index contributed by atoms with van der Waals surface area (Å²) in [6, 6.07) is 15.4. The van der Waals surface area contributed by atoms with Crippen molar-refractivity contribution in [2.45, 2.75) is 25.2 Å². The zero-order valence-electron chi connectivity index (χ0n) is 14.6. The number of nitrogens with zero attached hydrogens (tertiary/aromatic N) is 1. The number of carbonyl (C=O) groups excluding carboxylic acids is 1. The molecule has 5 heteroatoms. The van der Waals surface area contributed by atoms with E-state index in [1.807, 2.05) is 36.4 Å². The number of benzene rings is 2. The zero-order valence-corrected chi connectivity index (χ0v) is 16.2. The Bertz CT molecular complexity index is 757. The molecule has 1 spiro atoms. The van der Waals surface area contributed by atoms with Gasteiger partial charge in [0.1, 0.15) is 0 Å². The Morgan fingerprint density at radius 1 is 0.923 bits per heavy atom. The molecule has 4 rings (SSSR count). The first-order valence-electron chi connectivity index (χ1n) is 9.03. The van der Waals surface area contributed by atoms with Crippen molar-refractivity contribution in [3.05, 3.63) is 69.7 Å². The monoisotopic (exact) mass is 415 g/mol. The molecular weight excluding hydrogens is 394 g/mol. The van der Waals surface area contributed by atoms with Gasteiger partial charge >= 0.3 is 0 Å². The van der Waals surface area contributed by atoms with Gasteiger partial charge in [-0.3, -0.25) is 9.69 Å². The zero-order chi connectivity index (χ0) is 18.0. The van der Waals surface area contributed by atoms with Crippen LogP contribution in [0.15, 0.2) is 53.0 Å². The Balaban J connectivity index is 1.36. The van der Waals surface area contributed by atoms with Gasteiger partial charge in [-0.2, -0.15) is 0 Å². The summed E-state index contributed by atoms with van der Waals surface area (Å²) >= 11 is 3.40. The Morgan fingerprint density at radius 3 is 2.04 bits per heavy atom. The second-order valence-electron chi connectivity index (χ2n) is 6.92. The summed E-state index contributed by atoms with van der Waals surface area (Å²) in [6.07, 6.45) is 1.85. The van der Waals surface area contributed by atoms with Gasteiger partial charge < -0.3 is 9.47 Å². The fraction of sp³-hybridized carbons (Fsp3) is 0.381. The summed E-state index contributed by atoms with van der Waals surface area (Å²) in [5.74, 6) is -0.267. The maximum Gasteiger partial charge on any atom is 0.193 e. The minimum absolute atomic E-state index is 0.0551. The van der Waals surface area contributed by atoms with Crippen molar-refractivity contribution in [3.63, 3.8) is 0 Å². The molecule has 2 aliphatic heterocycles. The van der Waals surface area contributed by atoms with Crippen LogP contribution in [0.4, 0.5) is 0 Å². The second kappa shape index (κ2) is 7.61. The van der Waals surface area contributed by atoms with E-state index in [1.54, 1.807) is 0 Å². The van der Waals surface area contributed by atoms with E-state index in [1.165, 1.54) is 5.56 Å². The predicted molar refractivity (Wildman–Crippen MR) is 103 cm³/mol. The molecule has 0 radical (unpaired) electrons. The van der Waals surface area contributed by atoms with Gasteiger partial charge in [0.2, 0.25) is 0 Å². The minimum Gasteiger partial charge on any atom is -0.347 e. The number of halogens is 1. The Hall–Kier alpha value is -1.53. The maximum atomic E-state index is 12.5. The fourth-order valence-corrected chi connectivity index (χ4v) is 3.89. The molecule has 2 aromatic rings. The van der Waals surface area contributed by atoms with Crippen LogP contribution in [-0.4, -0.2) is 42.8 Å². The summed E-state index contributed by atoms with van der Waals surface area (Å²) in [6.45, 7) is 4.27. The lowest BCUT2D eigenvalue weighted by molar-refractivity contribution is -0.185. The summed E-state index contributed by atoms with van der Waals surface area (Å²) in [4.78, 5) is 15.0. The Kier molecular flexibility index (Phi) is 5.23. The molecule has 4 nitrogen and oxygen atoms in total. The van der Waals surface area contributed by atoms with E-state index in [4.69, 9.17) is 9.47 Å². The molecule has 2 aromatic carbocycles. The number of ether oxygens (including phenoxy) is 2. The van der Waals surface area contributed by atoms with E-state index in [0.29, 0.717) is 18.8 Å². The van der Waals surface area contributed by atoms with E-state index in [0.717, 1.165) is 42.5 Å². The van der Waals surface area contributed by atoms with Gasteiger partial charge in [0, 0.05) is 48.1 Å². The first-order chi connectivity index (χ1) is 12.6. The molecule has 0 unspecified atom stereocenters. The number of carbonyl (C=O) groups is 1. The third-order valence-corrected chi connectivity index (χ3v) is 5.69. The van der Waals surface area contributed by atoms with Crippen molar-refractivity contribution in [1.29, 1.82) is 0 Å². The third-order valence-electron chi connectivity index (χ3n) is 5.16. The molecule has 0 aliphatic carbocycles. The normalized spacial score (nSPS) is 19.7. The van der Waals surface area contributed by atoms with Gasteiger partial charge in [0.25, 0.3) is 0 Å². The fourth-order valence-electron chi connectivity index (χ4n) is 3.63. The number of hydrogen-bond acceptors (Lipinski definition) is 4. The standard InChI is InChI=1S/C21H22BrNO3/c22-19-7-5-18(6-8-19)20(24)17-3-1-16(2-4-17)15-23-11-9-21(10-12-23)25-13-14-26-21/h1-8H,9-15H2. The second-order valence-corrected chi connectivity index (χ2v) is 7.83. The molecule has 0 aromatic heterocycles. The molecule has 0 amide bonds. The largest absolute Gasteiger partial charge is 0.347 e. The van der Waals surface area contributed by atoms with Crippen LogP contribution >= 0.6 is 15.9 Å². The van der Waals surface area contributed by atoms with Crippen LogP contribution < -0.4 is 0 Å². The highest BCUT2D eigenvalue weighted by Gasteiger charge is 2.39. The lowest BCUT2D eigenvalue weighted by atomic mass is 10.0. The maximum absolute atomic E-state index is 12.5. The summed E-state index contributed by atoms with van der Waals surface area (Å²) in [7, 11) is 0. The van der Waals surface area contributed by atoms with E-state index in [-0.39, 0.29) is 11.6 Å². The minimum atomic E-state index is -0.322. The highest BCUT2D eigenvalue weighted by molar-refractivity contribution is 9.10. The SMILES string of the molecule is O=C(c1ccc(Br)cc1)c1ccc(CN2CCC3(CC2)OCCO3)cc1. The van der Waals surface area contributed by atoms with Crippen LogP contribution in [0, 0.1) is 0 Å². The number of likely N-dealkylation sites (tertiary alicyclic amines) is 1. The summed E-state index contributed by atoms with van der Waals surface area (Å²) in [5.41, 5.74) is 2.65. The van der Waals surface area contributed by atoms with Crippen LogP contribution in [-0.2, 0) is 16.0 Å². The molecule has 2 saturated heterocycles. The topological polar surface area (TPSA) is 38.8 Å². The van der Waals surface area contributed by atoms with Crippen LogP contribution in [0.1, 0.15) is 34.3 Å². The lowest BCUT2D eigenvalue weighted by Crippen LogP contribution is -2.44. The quantitative estimate of drug-likeness (QED) is 0.706. The van der Waals surface area contributed by atoms with Crippen LogP contribution in [0.5, 0.6) is 0 Å². The van der Waals surface area contributed by atoms with E-state index < -0.39 is 0 Å². The van der Waals surface area contributed by atoms with E-state index >= 15 is 0 Å². The van der Waals surface area contributed by atoms with Crippen molar-refractivity contribution in [1.82, 2.24) is 4.90 Å². The third kappa shape index (κ3) is 3.91. The summed E-state index contributed by atoms with van der Waals surface area (Å²) < 4.78 is 12.5. The average Bonchev–Trinajstić information content (AvgIpc) is 3.13. The average molecular weight is 416 g/mol. The van der Waals surface area contributed by atoms with Crippen molar-refractivity contribution >= 4 is 21.7 Å². The van der Waals surface area contributed by atoms with Crippen LogP contribution in [0.3, 0.4) is 0 Å². The summed E-state index contributed by atoms with van der Waals surface area (Å²) in [5, 5.41) is 0. The van der Waals surface area contributed by atoms with Crippen molar-refractivity contribution < 1.29 is 14.3 Å². The highest BCUT2D eigenvalue weighted by atomic mass is 79.9. The van der Waals surface area contributed by atoms with E-state index in [2.05, 4.69) is 33.0 Å². The number of ketones is 1. The molecule has 0 bridgehead atoms. The molecule has 136 valence electrons. The molecule has 26 heavy (non-hydrogen) atoms. The number of hydrogen-bond donors (Lipinski definition) is 0. The van der Waals surface area contributed by atoms with Crippen molar-refractivity contribution in [2.75, 3.05) is 26.3 Å². The van der Waals surface area contributed by atoms with Gasteiger partial charge in [-0.15, -0.1) is 0 Å². The number of rotatable bonds is 4. The van der Waals surface area contributed by atoms with Gasteiger partial charge in [-0.1, -0.05) is 40.2 Å². The molecule has 0 atom stereocenters. The first-order valence-corrected chi connectivity index (χ1v) is 9.82. The molecule has 0 N–H and O–H groups in total. The molecule has 0 saturated carbocycles. The first kappa shape index (κ1) is 17.9. The molecular formula is C21H22BrNO3. The van der Waals surface area contributed by atoms with Gasteiger partial charge in [0.15, 0.2) is 11.6 Å². The Morgan fingerprint density at radius 2 is 1.46 bits per heavy atom. The van der Waals surface area contributed by atoms with E-state index in [9.17, 15) is 4.79 Å². The molecule has 2 heterocycles. The number of piperidine rings is 1. The van der Waals surface area contributed by atoms with Crippen molar-refractivity contribution in [2.24, 2.45) is 0 Å². The highest BCUT2D eigenvalue weighted by Crippen LogP contribution is 2.31. The van der Waals surface area contributed by atoms with Crippen LogP contribution in [0.2, 0.25) is 0 Å². The molecule has 2 fully saturated rings. The predicted octanol–water partition coefficient (Wildman–Crippen LogP) is 4.02. The lowest BCUT2D eigenvalue weighted by Gasteiger charge is -2.37.